The second kappa shape index (κ2) is 7.38. The first-order chi connectivity index (χ1) is 12.3. The van der Waals surface area contributed by atoms with Crippen LogP contribution in [0.25, 0.3) is 11.3 Å². The molecule has 136 valence electrons. The van der Waals surface area contributed by atoms with E-state index >= 15 is 0 Å². The van der Waals surface area contributed by atoms with Crippen molar-refractivity contribution in [3.8, 4) is 11.3 Å². The topological polar surface area (TPSA) is 61.8 Å². The van der Waals surface area contributed by atoms with Gasteiger partial charge in [-0.15, -0.1) is 0 Å². The zero-order valence-electron chi connectivity index (χ0n) is 15.3. The second-order valence-corrected chi connectivity index (χ2v) is 7.79. The quantitative estimate of drug-likeness (QED) is 0.711. The van der Waals surface area contributed by atoms with Crippen LogP contribution in [-0.4, -0.2) is 20.1 Å². The molecule has 0 spiro atoms. The number of rotatable bonds is 5. The molecule has 0 saturated carbocycles. The molecule has 0 aliphatic carbocycles. The van der Waals surface area contributed by atoms with Crippen LogP contribution in [0.2, 0.25) is 0 Å². The predicted octanol–water partition coefficient (Wildman–Crippen LogP) is 4.48. The molecule has 0 radical (unpaired) electrons. The summed E-state index contributed by atoms with van der Waals surface area (Å²) in [6, 6.07) is 10.8. The van der Waals surface area contributed by atoms with E-state index in [-0.39, 0.29) is 11.2 Å². The number of nitrogens with zero attached hydrogens (tertiary/aromatic N) is 2. The maximum Gasteiger partial charge on any atom is 0.141 e. The molecular weight excluding hydrogens is 329 g/mol. The standard InChI is InChI=1S/C21H24FN3O/c1-21(2,3)11-17-13-24-20(25-17)19(26)10-14-4-6-15(7-5-14)18-9-8-16(22)12-23-18/h4-9,12-13,19,26H,10-11H2,1-3H3,(H,24,25). The van der Waals surface area contributed by atoms with Crippen molar-refractivity contribution >= 4 is 0 Å². The summed E-state index contributed by atoms with van der Waals surface area (Å²) < 4.78 is 13.0. The van der Waals surface area contributed by atoms with Gasteiger partial charge in [-0.2, -0.15) is 0 Å². The van der Waals surface area contributed by atoms with E-state index in [0.717, 1.165) is 28.9 Å². The number of hydrogen-bond acceptors (Lipinski definition) is 3. The highest BCUT2D eigenvalue weighted by Gasteiger charge is 2.17. The van der Waals surface area contributed by atoms with Crippen LogP contribution in [-0.2, 0) is 12.8 Å². The van der Waals surface area contributed by atoms with Gasteiger partial charge in [-0.25, -0.2) is 9.37 Å². The molecule has 2 heterocycles. The van der Waals surface area contributed by atoms with Crippen LogP contribution in [0, 0.1) is 11.2 Å². The molecule has 0 aliphatic heterocycles. The molecule has 0 fully saturated rings. The van der Waals surface area contributed by atoms with Crippen LogP contribution < -0.4 is 0 Å². The van der Waals surface area contributed by atoms with Crippen molar-refractivity contribution in [2.24, 2.45) is 5.41 Å². The lowest BCUT2D eigenvalue weighted by Crippen LogP contribution is -2.10. The van der Waals surface area contributed by atoms with Gasteiger partial charge in [-0.05, 0) is 29.5 Å². The highest BCUT2D eigenvalue weighted by atomic mass is 19.1. The zero-order chi connectivity index (χ0) is 18.7. The summed E-state index contributed by atoms with van der Waals surface area (Å²) in [5.41, 5.74) is 3.74. The Hall–Kier alpha value is -2.53. The minimum absolute atomic E-state index is 0.154. The third-order valence-electron chi connectivity index (χ3n) is 4.08. The fourth-order valence-electron chi connectivity index (χ4n) is 2.86. The molecule has 1 unspecified atom stereocenters. The van der Waals surface area contributed by atoms with E-state index in [0.29, 0.717) is 12.2 Å². The lowest BCUT2D eigenvalue weighted by molar-refractivity contribution is 0.169. The number of halogens is 1. The Morgan fingerprint density at radius 1 is 1.12 bits per heavy atom. The maximum atomic E-state index is 13.0. The molecular formula is C21H24FN3O. The van der Waals surface area contributed by atoms with Gasteiger partial charge < -0.3 is 10.1 Å². The molecule has 0 bridgehead atoms. The first-order valence-corrected chi connectivity index (χ1v) is 8.73. The number of imidazole rings is 1. The summed E-state index contributed by atoms with van der Waals surface area (Å²) in [6.45, 7) is 6.49. The Labute approximate surface area is 153 Å². The summed E-state index contributed by atoms with van der Waals surface area (Å²) in [5.74, 6) is 0.242. The van der Waals surface area contributed by atoms with E-state index < -0.39 is 6.10 Å². The second-order valence-electron chi connectivity index (χ2n) is 7.79. The van der Waals surface area contributed by atoms with Gasteiger partial charge in [0.15, 0.2) is 0 Å². The number of benzene rings is 1. The van der Waals surface area contributed by atoms with E-state index in [2.05, 4.69) is 35.7 Å². The maximum absolute atomic E-state index is 13.0. The number of pyridine rings is 1. The molecule has 3 rings (SSSR count). The van der Waals surface area contributed by atoms with Crippen LogP contribution >= 0.6 is 0 Å². The Morgan fingerprint density at radius 2 is 1.85 bits per heavy atom. The molecule has 5 heteroatoms. The van der Waals surface area contributed by atoms with Crippen molar-refractivity contribution in [3.63, 3.8) is 0 Å². The monoisotopic (exact) mass is 353 g/mol. The molecule has 1 aromatic carbocycles. The highest BCUT2D eigenvalue weighted by molar-refractivity contribution is 5.59. The van der Waals surface area contributed by atoms with Crippen molar-refractivity contribution in [1.29, 1.82) is 0 Å². The van der Waals surface area contributed by atoms with Gasteiger partial charge in [0.1, 0.15) is 17.7 Å². The van der Waals surface area contributed by atoms with E-state index in [1.165, 1.54) is 12.3 Å². The molecule has 2 N–H and O–H groups in total. The minimum atomic E-state index is -0.682. The van der Waals surface area contributed by atoms with Crippen molar-refractivity contribution in [3.05, 3.63) is 71.7 Å². The van der Waals surface area contributed by atoms with Crippen LogP contribution in [0.3, 0.4) is 0 Å². The molecule has 0 saturated heterocycles. The number of aliphatic hydroxyl groups is 1. The SMILES string of the molecule is CC(C)(C)Cc1c[nH]c(C(O)Cc2ccc(-c3ccc(F)cn3)cc2)n1. The van der Waals surface area contributed by atoms with Crippen molar-refractivity contribution in [2.75, 3.05) is 0 Å². The lowest BCUT2D eigenvalue weighted by atomic mass is 9.91. The van der Waals surface area contributed by atoms with Gasteiger partial charge in [0.2, 0.25) is 0 Å². The van der Waals surface area contributed by atoms with Crippen LogP contribution in [0.15, 0.2) is 48.8 Å². The van der Waals surface area contributed by atoms with Gasteiger partial charge >= 0.3 is 0 Å². The number of aromatic amines is 1. The molecule has 0 aliphatic rings. The molecule has 26 heavy (non-hydrogen) atoms. The Kier molecular flexibility index (Phi) is 5.18. The Balaban J connectivity index is 1.66. The van der Waals surface area contributed by atoms with E-state index in [9.17, 15) is 9.50 Å². The van der Waals surface area contributed by atoms with E-state index in [4.69, 9.17) is 0 Å². The predicted molar refractivity (Wildman–Crippen MR) is 100 cm³/mol. The fraction of sp³-hybridized carbons (Fsp3) is 0.333. The molecule has 0 amide bonds. The van der Waals surface area contributed by atoms with Crippen molar-refractivity contribution < 1.29 is 9.50 Å². The van der Waals surface area contributed by atoms with Gasteiger partial charge in [0, 0.05) is 18.2 Å². The summed E-state index contributed by atoms with van der Waals surface area (Å²) in [7, 11) is 0. The molecule has 1 atom stereocenters. The van der Waals surface area contributed by atoms with Gasteiger partial charge in [0.05, 0.1) is 17.6 Å². The van der Waals surface area contributed by atoms with Gasteiger partial charge in [-0.1, -0.05) is 45.0 Å². The largest absolute Gasteiger partial charge is 0.385 e. The first-order valence-electron chi connectivity index (χ1n) is 8.73. The van der Waals surface area contributed by atoms with Crippen molar-refractivity contribution in [1.82, 2.24) is 15.0 Å². The molecule has 3 aromatic rings. The average Bonchev–Trinajstić information content (AvgIpc) is 3.03. The summed E-state index contributed by atoms with van der Waals surface area (Å²) in [5, 5.41) is 10.5. The first kappa shape index (κ1) is 18.3. The van der Waals surface area contributed by atoms with Gasteiger partial charge in [-0.3, -0.25) is 4.98 Å². The summed E-state index contributed by atoms with van der Waals surface area (Å²) >= 11 is 0. The van der Waals surface area contributed by atoms with Crippen LogP contribution in [0.5, 0.6) is 0 Å². The fourth-order valence-corrected chi connectivity index (χ4v) is 2.86. The normalized spacial score (nSPS) is 13.0. The van der Waals surface area contributed by atoms with Gasteiger partial charge in [0.25, 0.3) is 0 Å². The number of H-pyrrole nitrogens is 1. The lowest BCUT2D eigenvalue weighted by Gasteiger charge is -2.15. The number of aliphatic hydroxyl groups excluding tert-OH is 1. The van der Waals surface area contributed by atoms with Crippen LogP contribution in [0.1, 0.15) is 44.0 Å². The smallest absolute Gasteiger partial charge is 0.141 e. The van der Waals surface area contributed by atoms with Crippen LogP contribution in [0.4, 0.5) is 4.39 Å². The molecule has 4 nitrogen and oxygen atoms in total. The van der Waals surface area contributed by atoms with E-state index in [1.54, 1.807) is 6.07 Å². The number of nitrogens with one attached hydrogen (secondary N) is 1. The summed E-state index contributed by atoms with van der Waals surface area (Å²) in [4.78, 5) is 11.7. The summed E-state index contributed by atoms with van der Waals surface area (Å²) in [6.07, 6.45) is 3.72. The van der Waals surface area contributed by atoms with Crippen molar-refractivity contribution in [2.45, 2.75) is 39.7 Å². The number of hydrogen-bond donors (Lipinski definition) is 2. The molecule has 2 aromatic heterocycles. The minimum Gasteiger partial charge on any atom is -0.385 e. The third kappa shape index (κ3) is 4.76. The zero-order valence-corrected chi connectivity index (χ0v) is 15.3. The number of aromatic nitrogens is 3. The Bertz CT molecular complexity index is 848. The Morgan fingerprint density at radius 3 is 2.46 bits per heavy atom. The highest BCUT2D eigenvalue weighted by Crippen LogP contribution is 2.23. The third-order valence-corrected chi connectivity index (χ3v) is 4.08. The average molecular weight is 353 g/mol. The van der Waals surface area contributed by atoms with E-state index in [1.807, 2.05) is 30.5 Å².